The molecule has 2 unspecified atom stereocenters. The van der Waals surface area contributed by atoms with Gasteiger partial charge in [0, 0.05) is 31.8 Å². The molecule has 10 heteroatoms. The summed E-state index contributed by atoms with van der Waals surface area (Å²) in [5.41, 5.74) is 0.210. The number of amides is 1. The summed E-state index contributed by atoms with van der Waals surface area (Å²) in [5.74, 6) is -1.02. The van der Waals surface area contributed by atoms with E-state index in [4.69, 9.17) is 21.1 Å². The van der Waals surface area contributed by atoms with Gasteiger partial charge in [0.15, 0.2) is 0 Å². The van der Waals surface area contributed by atoms with Crippen LogP contribution in [0, 0.1) is 5.92 Å². The van der Waals surface area contributed by atoms with Crippen LogP contribution in [-0.4, -0.2) is 64.1 Å². The van der Waals surface area contributed by atoms with Crippen LogP contribution in [0.4, 0.5) is 0 Å². The molecule has 30 heavy (non-hydrogen) atoms. The number of nitrogens with zero attached hydrogens (tertiary/aromatic N) is 1. The molecule has 2 aliphatic rings. The maximum Gasteiger partial charge on any atom is 0.310 e. The minimum Gasteiger partial charge on any atom is -0.466 e. The molecule has 166 valence electrons. The molecule has 1 amide bonds. The van der Waals surface area contributed by atoms with Gasteiger partial charge in [-0.2, -0.15) is 0 Å². The number of nitrogens with one attached hydrogen (secondary N) is 1. The molecule has 3 rings (SSSR count). The quantitative estimate of drug-likeness (QED) is 0.628. The van der Waals surface area contributed by atoms with Gasteiger partial charge in [-0.3, -0.25) is 9.59 Å². The molecule has 2 heterocycles. The number of carbonyl (C=O) groups is 2. The number of rotatable bonds is 7. The molecule has 2 fully saturated rings. The van der Waals surface area contributed by atoms with Gasteiger partial charge in [-0.1, -0.05) is 11.6 Å². The van der Waals surface area contributed by atoms with E-state index >= 15 is 0 Å². The van der Waals surface area contributed by atoms with Crippen LogP contribution in [0.25, 0.3) is 0 Å². The Bertz CT molecular complexity index is 885. The molecule has 2 aliphatic heterocycles. The molecule has 0 aliphatic carbocycles. The zero-order chi connectivity index (χ0) is 21.7. The summed E-state index contributed by atoms with van der Waals surface area (Å²) in [7, 11) is -3.90. The molecule has 8 nitrogen and oxygen atoms in total. The first-order valence-corrected chi connectivity index (χ1v) is 12.0. The Hall–Kier alpha value is -1.68. The number of benzene rings is 1. The zero-order valence-electron chi connectivity index (χ0n) is 16.9. The lowest BCUT2D eigenvalue weighted by Gasteiger charge is -2.31. The summed E-state index contributed by atoms with van der Waals surface area (Å²) in [6.07, 6.45) is 2.88. The van der Waals surface area contributed by atoms with E-state index in [0.717, 1.165) is 12.8 Å². The molecule has 0 saturated carbocycles. The van der Waals surface area contributed by atoms with Crippen molar-refractivity contribution in [3.8, 4) is 0 Å². The smallest absolute Gasteiger partial charge is 0.310 e. The second-order valence-corrected chi connectivity index (χ2v) is 9.62. The van der Waals surface area contributed by atoms with Gasteiger partial charge >= 0.3 is 5.97 Å². The van der Waals surface area contributed by atoms with E-state index in [1.807, 2.05) is 0 Å². The Morgan fingerprint density at radius 1 is 1.30 bits per heavy atom. The normalized spacial score (nSPS) is 22.1. The predicted molar refractivity (Wildman–Crippen MR) is 111 cm³/mol. The van der Waals surface area contributed by atoms with Gasteiger partial charge in [-0.05, 0) is 50.8 Å². The SMILES string of the molecule is CCOC(=O)C1CCCN(C(=O)c2ccc(Cl)c(S(=O)(=O)NCC3CCCO3)c2)C1. The third kappa shape index (κ3) is 5.51. The zero-order valence-corrected chi connectivity index (χ0v) is 18.5. The fourth-order valence-electron chi connectivity index (χ4n) is 3.72. The lowest BCUT2D eigenvalue weighted by Crippen LogP contribution is -2.42. The van der Waals surface area contributed by atoms with Crippen molar-refractivity contribution >= 4 is 33.5 Å². The lowest BCUT2D eigenvalue weighted by atomic mass is 9.97. The van der Waals surface area contributed by atoms with Gasteiger partial charge in [0.1, 0.15) is 4.90 Å². The van der Waals surface area contributed by atoms with Crippen LogP contribution >= 0.6 is 11.6 Å². The molecule has 1 aromatic carbocycles. The summed E-state index contributed by atoms with van der Waals surface area (Å²) in [4.78, 5) is 26.4. The average molecular weight is 459 g/mol. The van der Waals surface area contributed by atoms with Crippen LogP contribution in [0.5, 0.6) is 0 Å². The highest BCUT2D eigenvalue weighted by Crippen LogP contribution is 2.25. The highest BCUT2D eigenvalue weighted by Gasteiger charge is 2.31. The standard InChI is InChI=1S/C20H27ClN2O6S/c1-2-28-20(25)15-5-3-9-23(13-15)19(24)14-7-8-17(21)18(11-14)30(26,27)22-12-16-6-4-10-29-16/h7-8,11,15-16,22H,2-6,9-10,12-13H2,1H3. The van der Waals surface area contributed by atoms with Crippen molar-refractivity contribution < 1.29 is 27.5 Å². The van der Waals surface area contributed by atoms with E-state index in [9.17, 15) is 18.0 Å². The first-order chi connectivity index (χ1) is 14.3. The van der Waals surface area contributed by atoms with Crippen LogP contribution in [0.1, 0.15) is 43.0 Å². The average Bonchev–Trinajstić information content (AvgIpc) is 3.26. The molecule has 0 bridgehead atoms. The number of likely N-dealkylation sites (tertiary alicyclic amines) is 1. The summed E-state index contributed by atoms with van der Waals surface area (Å²) in [5, 5.41) is 0.0365. The maximum absolute atomic E-state index is 13.0. The van der Waals surface area contributed by atoms with E-state index in [1.165, 1.54) is 18.2 Å². The summed E-state index contributed by atoms with van der Waals surface area (Å²) < 4.78 is 38.5. The summed E-state index contributed by atoms with van der Waals surface area (Å²) in [6.45, 7) is 3.56. The van der Waals surface area contributed by atoms with Crippen LogP contribution in [-0.2, 0) is 24.3 Å². The highest BCUT2D eigenvalue weighted by molar-refractivity contribution is 7.89. The van der Waals surface area contributed by atoms with Gasteiger partial charge in [0.25, 0.3) is 5.91 Å². The van der Waals surface area contributed by atoms with E-state index in [0.29, 0.717) is 32.6 Å². The number of carbonyl (C=O) groups excluding carboxylic acids is 2. The Morgan fingerprint density at radius 2 is 2.10 bits per heavy atom. The van der Waals surface area contributed by atoms with Crippen molar-refractivity contribution in [1.29, 1.82) is 0 Å². The van der Waals surface area contributed by atoms with Crippen molar-refractivity contribution in [2.24, 2.45) is 5.92 Å². The predicted octanol–water partition coefficient (Wildman–Crippen LogP) is 2.21. The number of ether oxygens (including phenoxy) is 2. The third-order valence-electron chi connectivity index (χ3n) is 5.32. The Balaban J connectivity index is 1.73. The van der Waals surface area contributed by atoms with E-state index in [1.54, 1.807) is 11.8 Å². The molecular formula is C20H27ClN2O6S. The van der Waals surface area contributed by atoms with E-state index in [-0.39, 0.29) is 52.5 Å². The molecule has 0 radical (unpaired) electrons. The van der Waals surface area contributed by atoms with Crippen LogP contribution < -0.4 is 4.72 Å². The number of halogens is 1. The Labute approximate surface area is 181 Å². The lowest BCUT2D eigenvalue weighted by molar-refractivity contribution is -0.149. The number of sulfonamides is 1. The third-order valence-corrected chi connectivity index (χ3v) is 7.23. The van der Waals surface area contributed by atoms with Crippen molar-refractivity contribution in [2.45, 2.75) is 43.6 Å². The molecule has 2 atom stereocenters. The van der Waals surface area contributed by atoms with Gasteiger partial charge in [-0.15, -0.1) is 0 Å². The van der Waals surface area contributed by atoms with Crippen molar-refractivity contribution in [2.75, 3.05) is 32.8 Å². The Kier molecular flexibility index (Phi) is 7.73. The fourth-order valence-corrected chi connectivity index (χ4v) is 5.31. The van der Waals surface area contributed by atoms with Gasteiger partial charge < -0.3 is 14.4 Å². The van der Waals surface area contributed by atoms with Crippen LogP contribution in [0.15, 0.2) is 23.1 Å². The minimum atomic E-state index is -3.90. The molecule has 1 aromatic rings. The number of hydrogen-bond acceptors (Lipinski definition) is 6. The van der Waals surface area contributed by atoms with E-state index < -0.39 is 10.0 Å². The molecule has 1 N–H and O–H groups in total. The molecule has 0 aromatic heterocycles. The minimum absolute atomic E-state index is 0.0365. The first-order valence-electron chi connectivity index (χ1n) is 10.2. The summed E-state index contributed by atoms with van der Waals surface area (Å²) >= 11 is 6.13. The second kappa shape index (κ2) is 10.1. The number of hydrogen-bond donors (Lipinski definition) is 1. The van der Waals surface area contributed by atoms with Crippen molar-refractivity contribution in [3.05, 3.63) is 28.8 Å². The van der Waals surface area contributed by atoms with Crippen molar-refractivity contribution in [1.82, 2.24) is 9.62 Å². The first kappa shape index (κ1) is 23.0. The number of piperidine rings is 1. The van der Waals surface area contributed by atoms with E-state index in [2.05, 4.69) is 4.72 Å². The second-order valence-electron chi connectivity index (χ2n) is 7.47. The van der Waals surface area contributed by atoms with Crippen LogP contribution in [0.2, 0.25) is 5.02 Å². The van der Waals surface area contributed by atoms with Gasteiger partial charge in [-0.25, -0.2) is 13.1 Å². The van der Waals surface area contributed by atoms with Gasteiger partial charge in [0.2, 0.25) is 10.0 Å². The molecule has 2 saturated heterocycles. The Morgan fingerprint density at radius 3 is 2.80 bits per heavy atom. The largest absolute Gasteiger partial charge is 0.466 e. The molecular weight excluding hydrogens is 432 g/mol. The van der Waals surface area contributed by atoms with Gasteiger partial charge in [0.05, 0.1) is 23.7 Å². The highest BCUT2D eigenvalue weighted by atomic mass is 35.5. The summed E-state index contributed by atoms with van der Waals surface area (Å²) in [6, 6.07) is 4.19. The monoisotopic (exact) mass is 458 g/mol. The molecule has 0 spiro atoms. The number of esters is 1. The van der Waals surface area contributed by atoms with Crippen molar-refractivity contribution in [3.63, 3.8) is 0 Å². The fraction of sp³-hybridized carbons (Fsp3) is 0.600. The van der Waals surface area contributed by atoms with Crippen LogP contribution in [0.3, 0.4) is 0 Å². The maximum atomic E-state index is 13.0. The topological polar surface area (TPSA) is 102 Å².